The fourth-order valence-electron chi connectivity index (χ4n) is 2.95. The summed E-state index contributed by atoms with van der Waals surface area (Å²) in [4.78, 5) is 37.6. The van der Waals surface area contributed by atoms with Gasteiger partial charge in [-0.15, -0.1) is 0 Å². The van der Waals surface area contributed by atoms with E-state index in [0.717, 1.165) is 5.56 Å². The average Bonchev–Trinajstić information content (AvgIpc) is 3.49. The maximum Gasteiger partial charge on any atom is 1.00 e. The van der Waals surface area contributed by atoms with Gasteiger partial charge in [-0.05, 0) is 17.7 Å². The zero-order valence-electron chi connectivity index (χ0n) is 15.9. The van der Waals surface area contributed by atoms with E-state index in [2.05, 4.69) is 5.32 Å². The molecule has 0 aliphatic carbocycles. The van der Waals surface area contributed by atoms with Crippen molar-refractivity contribution in [3.63, 3.8) is 0 Å². The van der Waals surface area contributed by atoms with Gasteiger partial charge in [0.2, 0.25) is 5.91 Å². The molecule has 1 aromatic rings. The number of carboxylic acid groups (broad SMARTS) is 1. The first-order chi connectivity index (χ1) is 13.0. The molecule has 2 amide bonds. The Bertz CT molecular complexity index is 706. The monoisotopic (exact) mass is 400 g/mol. The molecule has 1 aromatic carbocycles. The van der Waals surface area contributed by atoms with Gasteiger partial charge < -0.3 is 34.3 Å². The molecule has 0 saturated carbocycles. The van der Waals surface area contributed by atoms with Crippen LogP contribution >= 0.6 is 0 Å². The predicted octanol–water partition coefficient (Wildman–Crippen LogP) is -4.90. The number of aliphatic carboxylic acids is 1. The summed E-state index contributed by atoms with van der Waals surface area (Å²) in [6.45, 7) is 1.76. The number of rotatable bonds is 7. The molecule has 146 valence electrons. The van der Waals surface area contributed by atoms with Crippen LogP contribution in [0.1, 0.15) is 5.56 Å². The first-order valence-electron chi connectivity index (χ1n) is 8.65. The Hall–Kier alpha value is -1.65. The van der Waals surface area contributed by atoms with Gasteiger partial charge in [-0.25, -0.2) is 0 Å². The summed E-state index contributed by atoms with van der Waals surface area (Å²) in [5.74, 6) is -1.64. The van der Waals surface area contributed by atoms with Crippen LogP contribution in [0.4, 0.5) is 0 Å². The molecule has 0 spiro atoms. The van der Waals surface area contributed by atoms with E-state index >= 15 is 0 Å². The standard InChI is InChI=1S/C18H22N2O7.Na/c1-25-12-4-2-11(3-5-12)10-13(17(22)20-6-8-26-9-7-20)19-16(21)14-15(27-14)18(23)24;/h2-5,13-15H,6-10H2,1H3,(H,19,21)(H,23,24);/q;+1/p-1/t13-,14-,15-;/m0./s1. The largest absolute Gasteiger partial charge is 1.00 e. The summed E-state index contributed by atoms with van der Waals surface area (Å²) in [6, 6.07) is 6.31. The number of hydrogen-bond acceptors (Lipinski definition) is 7. The minimum Gasteiger partial charge on any atom is -0.547 e. The predicted molar refractivity (Wildman–Crippen MR) is 89.7 cm³/mol. The maximum atomic E-state index is 12.9. The van der Waals surface area contributed by atoms with Gasteiger partial charge in [-0.2, -0.15) is 0 Å². The van der Waals surface area contributed by atoms with E-state index in [-0.39, 0.29) is 41.9 Å². The number of carbonyl (C=O) groups excluding carboxylic acids is 3. The normalized spacial score (nSPS) is 21.8. The van der Waals surface area contributed by atoms with Crippen molar-refractivity contribution in [3.05, 3.63) is 29.8 Å². The number of nitrogens with one attached hydrogen (secondary N) is 1. The van der Waals surface area contributed by atoms with E-state index in [1.165, 1.54) is 0 Å². The topological polar surface area (TPSA) is 121 Å². The smallest absolute Gasteiger partial charge is 0.547 e. The number of carbonyl (C=O) groups is 3. The summed E-state index contributed by atoms with van der Waals surface area (Å²) in [6.07, 6.45) is -2.12. The van der Waals surface area contributed by atoms with E-state index in [4.69, 9.17) is 14.2 Å². The van der Waals surface area contributed by atoms with Gasteiger partial charge in [0.1, 0.15) is 17.9 Å². The number of ether oxygens (including phenoxy) is 3. The third-order valence-electron chi connectivity index (χ3n) is 4.52. The quantitative estimate of drug-likeness (QED) is 0.360. The van der Waals surface area contributed by atoms with Gasteiger partial charge in [0.05, 0.1) is 26.3 Å². The Balaban J connectivity index is 0.00000280. The van der Waals surface area contributed by atoms with Gasteiger partial charge in [-0.3, -0.25) is 9.59 Å². The first-order valence-corrected chi connectivity index (χ1v) is 8.65. The summed E-state index contributed by atoms with van der Waals surface area (Å²) in [7, 11) is 1.56. The second kappa shape index (κ2) is 10.2. The van der Waals surface area contributed by atoms with E-state index < -0.39 is 30.1 Å². The van der Waals surface area contributed by atoms with E-state index in [1.54, 1.807) is 24.1 Å². The van der Waals surface area contributed by atoms with Crippen molar-refractivity contribution in [2.75, 3.05) is 33.4 Å². The maximum absolute atomic E-state index is 12.9. The fraction of sp³-hybridized carbons (Fsp3) is 0.500. The Kier molecular flexibility index (Phi) is 8.26. The van der Waals surface area contributed by atoms with Crippen molar-refractivity contribution < 1.29 is 63.3 Å². The summed E-state index contributed by atoms with van der Waals surface area (Å²) in [5, 5.41) is 13.4. The van der Waals surface area contributed by atoms with Crippen LogP contribution in [0.2, 0.25) is 0 Å². The van der Waals surface area contributed by atoms with Gasteiger partial charge in [0.15, 0.2) is 6.10 Å². The van der Waals surface area contributed by atoms with E-state index in [9.17, 15) is 19.5 Å². The van der Waals surface area contributed by atoms with Crippen molar-refractivity contribution in [2.45, 2.75) is 24.7 Å². The van der Waals surface area contributed by atoms with Crippen molar-refractivity contribution in [3.8, 4) is 5.75 Å². The number of carboxylic acids is 1. The second-order valence-electron chi connectivity index (χ2n) is 6.35. The van der Waals surface area contributed by atoms with Crippen molar-refractivity contribution in [1.82, 2.24) is 10.2 Å². The molecular weight excluding hydrogens is 379 g/mol. The van der Waals surface area contributed by atoms with Crippen LogP contribution in [0.25, 0.3) is 0 Å². The summed E-state index contributed by atoms with van der Waals surface area (Å²) < 4.78 is 15.2. The Morgan fingerprint density at radius 2 is 1.86 bits per heavy atom. The molecule has 2 aliphatic rings. The van der Waals surface area contributed by atoms with Crippen molar-refractivity contribution >= 4 is 17.8 Å². The minimum absolute atomic E-state index is 0. The molecule has 2 aliphatic heterocycles. The SMILES string of the molecule is COc1ccc(C[C@H](NC(=O)[C@H]2O[C@@H]2C(=O)[O-])C(=O)N2CCOCC2)cc1.[Na+]. The van der Waals surface area contributed by atoms with Gasteiger partial charge in [-0.1, -0.05) is 12.1 Å². The molecule has 2 saturated heterocycles. The number of benzene rings is 1. The van der Waals surface area contributed by atoms with Crippen LogP contribution in [-0.2, 0) is 30.3 Å². The number of methoxy groups -OCH3 is 1. The van der Waals surface area contributed by atoms with E-state index in [0.29, 0.717) is 32.1 Å². The van der Waals surface area contributed by atoms with Crippen LogP contribution in [0.15, 0.2) is 24.3 Å². The van der Waals surface area contributed by atoms with E-state index in [1.807, 2.05) is 12.1 Å². The van der Waals surface area contributed by atoms with Crippen LogP contribution < -0.4 is 44.7 Å². The Morgan fingerprint density at radius 1 is 1.21 bits per heavy atom. The summed E-state index contributed by atoms with van der Waals surface area (Å²) >= 11 is 0. The zero-order chi connectivity index (χ0) is 19.4. The third-order valence-corrected chi connectivity index (χ3v) is 4.52. The molecule has 9 nitrogen and oxygen atoms in total. The molecule has 0 bridgehead atoms. The van der Waals surface area contributed by atoms with Crippen LogP contribution in [0.5, 0.6) is 5.75 Å². The zero-order valence-corrected chi connectivity index (χ0v) is 17.9. The average molecular weight is 400 g/mol. The Morgan fingerprint density at radius 3 is 2.39 bits per heavy atom. The molecule has 0 aromatic heterocycles. The third kappa shape index (κ3) is 5.68. The number of nitrogens with zero attached hydrogens (tertiary/aromatic N) is 1. The Labute approximate surface area is 184 Å². The first kappa shape index (κ1) is 22.6. The van der Waals surface area contributed by atoms with Crippen molar-refractivity contribution in [1.29, 1.82) is 0 Å². The molecule has 3 rings (SSSR count). The van der Waals surface area contributed by atoms with Gasteiger partial charge in [0, 0.05) is 19.5 Å². The molecule has 1 N–H and O–H groups in total. The summed E-state index contributed by atoms with van der Waals surface area (Å²) in [5.41, 5.74) is 0.830. The molecule has 3 atom stereocenters. The van der Waals surface area contributed by atoms with Gasteiger partial charge in [0.25, 0.3) is 5.91 Å². The molecular formula is C18H21N2NaO7. The van der Waals surface area contributed by atoms with Crippen molar-refractivity contribution in [2.24, 2.45) is 0 Å². The molecule has 10 heteroatoms. The van der Waals surface area contributed by atoms with Crippen LogP contribution in [0, 0.1) is 0 Å². The number of morpholine rings is 1. The number of hydrogen-bond donors (Lipinski definition) is 1. The van der Waals surface area contributed by atoms with Crippen LogP contribution in [0.3, 0.4) is 0 Å². The molecule has 28 heavy (non-hydrogen) atoms. The van der Waals surface area contributed by atoms with Gasteiger partial charge >= 0.3 is 29.6 Å². The second-order valence-corrected chi connectivity index (χ2v) is 6.35. The minimum atomic E-state index is -1.44. The fourth-order valence-corrected chi connectivity index (χ4v) is 2.95. The number of epoxide rings is 1. The molecule has 2 fully saturated rings. The molecule has 0 unspecified atom stereocenters. The van der Waals surface area contributed by atoms with Crippen LogP contribution in [-0.4, -0.2) is 74.3 Å². The molecule has 2 heterocycles. The number of amides is 2. The molecule has 0 radical (unpaired) electrons.